The molecule has 0 unspecified atom stereocenters. The molecule has 0 spiro atoms. The highest BCUT2D eigenvalue weighted by atomic mass is 16.5. The minimum Gasteiger partial charge on any atom is -0.491 e. The van der Waals surface area contributed by atoms with E-state index in [2.05, 4.69) is 34.0 Å². The number of amides is 2. The number of nitrogens with zero attached hydrogens (tertiary/aromatic N) is 2. The van der Waals surface area contributed by atoms with Crippen molar-refractivity contribution in [1.82, 2.24) is 14.9 Å². The number of anilines is 1. The van der Waals surface area contributed by atoms with Gasteiger partial charge in [0.1, 0.15) is 5.75 Å². The Morgan fingerprint density at radius 3 is 2.68 bits per heavy atom. The molecule has 34 heavy (non-hydrogen) atoms. The second kappa shape index (κ2) is 12.8. The molecule has 0 atom stereocenters. The van der Waals surface area contributed by atoms with Crippen LogP contribution in [0.5, 0.6) is 5.75 Å². The van der Waals surface area contributed by atoms with E-state index in [0.717, 1.165) is 41.9 Å². The Morgan fingerprint density at radius 1 is 1.15 bits per heavy atom. The predicted molar refractivity (Wildman–Crippen MR) is 136 cm³/mol. The molecule has 7 heteroatoms. The summed E-state index contributed by atoms with van der Waals surface area (Å²) in [7, 11) is 0. The van der Waals surface area contributed by atoms with Crippen LogP contribution in [0.4, 0.5) is 10.5 Å². The van der Waals surface area contributed by atoms with Crippen LogP contribution >= 0.6 is 0 Å². The summed E-state index contributed by atoms with van der Waals surface area (Å²) in [6.07, 6.45) is 4.07. The minimum absolute atomic E-state index is 0.0690. The maximum atomic E-state index is 12.3. The standard InChI is InChI=1S/C27H36N4O3/c1-20(2)13-15-28-27(33)30-25-21(3)9-7-12-24(25)34-18-8-16-31-19-29-26(23(31)14-17-32)22-10-5-4-6-11-22/h4-7,9-12,19-20,32H,8,13-18H2,1-3H3,(H2,28,30,33). The van der Waals surface area contributed by atoms with Gasteiger partial charge in [-0.1, -0.05) is 56.3 Å². The molecule has 3 rings (SSSR count). The number of ether oxygens (including phenoxy) is 1. The topological polar surface area (TPSA) is 88.4 Å². The Kier molecular flexibility index (Phi) is 9.52. The first-order chi connectivity index (χ1) is 16.5. The molecule has 0 radical (unpaired) electrons. The van der Waals surface area contributed by atoms with E-state index in [9.17, 15) is 9.90 Å². The molecule has 1 aromatic heterocycles. The fourth-order valence-electron chi connectivity index (χ4n) is 3.78. The van der Waals surface area contributed by atoms with Crippen molar-refractivity contribution in [3.63, 3.8) is 0 Å². The SMILES string of the molecule is Cc1cccc(OCCCn2cnc(-c3ccccc3)c2CCO)c1NC(=O)NCCC(C)C. The van der Waals surface area contributed by atoms with Crippen LogP contribution in [0.2, 0.25) is 0 Å². The molecule has 2 amide bonds. The zero-order valence-corrected chi connectivity index (χ0v) is 20.4. The highest BCUT2D eigenvalue weighted by molar-refractivity contribution is 5.91. The molecular formula is C27H36N4O3. The van der Waals surface area contributed by atoms with Crippen molar-refractivity contribution in [2.45, 2.75) is 46.6 Å². The fourth-order valence-corrected chi connectivity index (χ4v) is 3.78. The number of carbonyl (C=O) groups is 1. The summed E-state index contributed by atoms with van der Waals surface area (Å²) >= 11 is 0. The van der Waals surface area contributed by atoms with Crippen molar-refractivity contribution in [2.75, 3.05) is 25.1 Å². The van der Waals surface area contributed by atoms with Gasteiger partial charge in [-0.2, -0.15) is 0 Å². The maximum absolute atomic E-state index is 12.3. The highest BCUT2D eigenvalue weighted by Crippen LogP contribution is 2.28. The van der Waals surface area contributed by atoms with E-state index in [1.54, 1.807) is 0 Å². The first kappa shape index (κ1) is 25.3. The van der Waals surface area contributed by atoms with Gasteiger partial charge in [-0.15, -0.1) is 0 Å². The monoisotopic (exact) mass is 464 g/mol. The Balaban J connectivity index is 1.58. The van der Waals surface area contributed by atoms with E-state index < -0.39 is 0 Å². The first-order valence-electron chi connectivity index (χ1n) is 12.0. The van der Waals surface area contributed by atoms with Crippen molar-refractivity contribution >= 4 is 11.7 Å². The third kappa shape index (κ3) is 7.09. The maximum Gasteiger partial charge on any atom is 0.319 e. The number of rotatable bonds is 12. The van der Waals surface area contributed by atoms with Crippen LogP contribution in [0.15, 0.2) is 54.9 Å². The lowest BCUT2D eigenvalue weighted by Gasteiger charge is -2.16. The molecule has 0 aliphatic carbocycles. The van der Waals surface area contributed by atoms with Crippen LogP contribution in [0, 0.1) is 12.8 Å². The molecule has 2 aromatic carbocycles. The number of benzene rings is 2. The van der Waals surface area contributed by atoms with Crippen LogP contribution in [0.1, 0.15) is 37.9 Å². The lowest BCUT2D eigenvalue weighted by Crippen LogP contribution is -2.30. The van der Waals surface area contributed by atoms with Gasteiger partial charge in [0.15, 0.2) is 0 Å². The van der Waals surface area contributed by atoms with Crippen LogP contribution < -0.4 is 15.4 Å². The predicted octanol–water partition coefficient (Wildman–Crippen LogP) is 5.03. The summed E-state index contributed by atoms with van der Waals surface area (Å²) in [5.41, 5.74) is 4.61. The molecule has 0 saturated carbocycles. The lowest BCUT2D eigenvalue weighted by molar-refractivity contribution is 0.251. The summed E-state index contributed by atoms with van der Waals surface area (Å²) in [6, 6.07) is 15.5. The van der Waals surface area contributed by atoms with Gasteiger partial charge in [-0.05, 0) is 37.3 Å². The van der Waals surface area contributed by atoms with E-state index in [1.165, 1.54) is 0 Å². The highest BCUT2D eigenvalue weighted by Gasteiger charge is 2.13. The number of hydrogen-bond donors (Lipinski definition) is 3. The van der Waals surface area contributed by atoms with Crippen LogP contribution in [0.25, 0.3) is 11.3 Å². The van der Waals surface area contributed by atoms with Gasteiger partial charge in [0, 0.05) is 37.4 Å². The van der Waals surface area contributed by atoms with Gasteiger partial charge in [-0.25, -0.2) is 9.78 Å². The second-order valence-corrected chi connectivity index (χ2v) is 8.79. The summed E-state index contributed by atoms with van der Waals surface area (Å²) in [4.78, 5) is 16.9. The van der Waals surface area contributed by atoms with Gasteiger partial charge < -0.3 is 25.0 Å². The van der Waals surface area contributed by atoms with Crippen molar-refractivity contribution in [2.24, 2.45) is 5.92 Å². The summed E-state index contributed by atoms with van der Waals surface area (Å²) < 4.78 is 8.13. The smallest absolute Gasteiger partial charge is 0.319 e. The van der Waals surface area contributed by atoms with E-state index in [-0.39, 0.29) is 12.6 Å². The zero-order valence-electron chi connectivity index (χ0n) is 20.4. The number of aliphatic hydroxyl groups is 1. The van der Waals surface area contributed by atoms with Crippen LogP contribution in [-0.2, 0) is 13.0 Å². The van der Waals surface area contributed by atoms with Gasteiger partial charge in [-0.3, -0.25) is 0 Å². The summed E-state index contributed by atoms with van der Waals surface area (Å²) in [5, 5.41) is 15.4. The van der Waals surface area contributed by atoms with Gasteiger partial charge in [0.05, 0.1) is 24.3 Å². The normalized spacial score (nSPS) is 11.0. The molecule has 7 nitrogen and oxygen atoms in total. The number of imidazole rings is 1. The van der Waals surface area contributed by atoms with Gasteiger partial charge in [0.2, 0.25) is 0 Å². The summed E-state index contributed by atoms with van der Waals surface area (Å²) in [5.74, 6) is 1.19. The first-order valence-corrected chi connectivity index (χ1v) is 12.0. The van der Waals surface area contributed by atoms with E-state index in [0.29, 0.717) is 36.9 Å². The number of aliphatic hydroxyl groups excluding tert-OH is 1. The number of hydrogen-bond acceptors (Lipinski definition) is 4. The van der Waals surface area contributed by atoms with Crippen molar-refractivity contribution in [1.29, 1.82) is 0 Å². The number of aromatic nitrogens is 2. The molecule has 0 saturated heterocycles. The van der Waals surface area contributed by atoms with Crippen molar-refractivity contribution in [3.8, 4) is 17.0 Å². The number of urea groups is 1. The molecule has 0 fully saturated rings. The summed E-state index contributed by atoms with van der Waals surface area (Å²) in [6.45, 7) is 8.13. The molecule has 0 aliphatic heterocycles. The largest absolute Gasteiger partial charge is 0.491 e. The molecule has 0 bridgehead atoms. The van der Waals surface area contributed by atoms with Crippen LogP contribution in [0.3, 0.4) is 0 Å². The van der Waals surface area contributed by atoms with E-state index in [1.807, 2.05) is 61.8 Å². The Bertz CT molecular complexity index is 1050. The van der Waals surface area contributed by atoms with E-state index >= 15 is 0 Å². The third-order valence-electron chi connectivity index (χ3n) is 5.62. The molecule has 3 N–H and O–H groups in total. The molecule has 0 aliphatic rings. The Hall–Kier alpha value is -3.32. The lowest BCUT2D eigenvalue weighted by atomic mass is 10.1. The zero-order chi connectivity index (χ0) is 24.3. The molecule has 3 aromatic rings. The average molecular weight is 465 g/mol. The molecular weight excluding hydrogens is 428 g/mol. The number of carbonyl (C=O) groups excluding carboxylic acids is 1. The Morgan fingerprint density at radius 2 is 1.94 bits per heavy atom. The van der Waals surface area contributed by atoms with Crippen LogP contribution in [-0.4, -0.2) is 40.4 Å². The van der Waals surface area contributed by atoms with Crippen molar-refractivity contribution < 1.29 is 14.6 Å². The van der Waals surface area contributed by atoms with Gasteiger partial charge >= 0.3 is 6.03 Å². The number of para-hydroxylation sites is 1. The fraction of sp³-hybridized carbons (Fsp3) is 0.407. The van der Waals surface area contributed by atoms with E-state index in [4.69, 9.17) is 4.74 Å². The quantitative estimate of drug-likeness (QED) is 0.328. The molecule has 182 valence electrons. The molecule has 1 heterocycles. The number of nitrogens with one attached hydrogen (secondary N) is 2. The van der Waals surface area contributed by atoms with Gasteiger partial charge in [0.25, 0.3) is 0 Å². The van der Waals surface area contributed by atoms with Crippen molar-refractivity contribution in [3.05, 3.63) is 66.1 Å². The third-order valence-corrected chi connectivity index (χ3v) is 5.62. The number of aryl methyl sites for hydroxylation is 2. The Labute approximate surface area is 202 Å². The average Bonchev–Trinajstić information content (AvgIpc) is 3.21. The minimum atomic E-state index is -0.222. The second-order valence-electron chi connectivity index (χ2n) is 8.79.